The van der Waals surface area contributed by atoms with Gasteiger partial charge in [0.05, 0.1) is 5.69 Å². The minimum absolute atomic E-state index is 0.263. The van der Waals surface area contributed by atoms with Crippen LogP contribution in [0.5, 0.6) is 0 Å². The summed E-state index contributed by atoms with van der Waals surface area (Å²) in [7, 11) is -4.21. The molecule has 4 rings (SSSR count). The number of sulfone groups is 1. The van der Waals surface area contributed by atoms with Gasteiger partial charge >= 0.3 is 11.9 Å². The molecule has 0 bridgehead atoms. The zero-order valence-corrected chi connectivity index (χ0v) is 24.5. The van der Waals surface area contributed by atoms with E-state index >= 15 is 0 Å². The van der Waals surface area contributed by atoms with Crippen LogP contribution in [-0.2, 0) is 24.2 Å². The molecule has 0 saturated heterocycles. The van der Waals surface area contributed by atoms with E-state index in [4.69, 9.17) is 21.4 Å². The van der Waals surface area contributed by atoms with Gasteiger partial charge in [0.15, 0.2) is 9.84 Å². The Hall–Kier alpha value is -4.22. The Morgan fingerprint density at radius 2 is 1.71 bits per heavy atom. The molecular weight excluding hydrogens is 584 g/mol. The Bertz CT molecular complexity index is 1670. The number of carboxylic acid groups (broad SMARTS) is 1. The summed E-state index contributed by atoms with van der Waals surface area (Å²) in [5.74, 6) is -5.51. The molecule has 0 aliphatic carbocycles. The molecule has 2 N–H and O–H groups in total. The van der Waals surface area contributed by atoms with Crippen LogP contribution in [0.25, 0.3) is 0 Å². The number of aryl methyl sites for hydroxylation is 2. The number of hydrogen-bond acceptors (Lipinski definition) is 7. The number of amides is 2. The second-order valence-corrected chi connectivity index (χ2v) is 12.5. The van der Waals surface area contributed by atoms with Crippen molar-refractivity contribution in [3.8, 4) is 0 Å². The van der Waals surface area contributed by atoms with Gasteiger partial charge < -0.3 is 20.1 Å². The lowest BCUT2D eigenvalue weighted by Crippen LogP contribution is -2.32. The van der Waals surface area contributed by atoms with E-state index in [9.17, 15) is 27.6 Å². The zero-order chi connectivity index (χ0) is 30.6. The predicted molar refractivity (Wildman–Crippen MR) is 158 cm³/mol. The Labute approximate surface area is 248 Å². The number of rotatable bonds is 8. The molecule has 1 unspecified atom stereocenters. The van der Waals surface area contributed by atoms with Crippen LogP contribution in [0.4, 0.5) is 11.4 Å². The standard InChI is InChI=1S/C30H29ClN2O8S/c1-18-6-3-4-7-22(18)29(37)32-21-10-11-23(19(2)14-21)30(38)33-13-5-8-26(24-15-20(31)9-12-25(24)33)41-28(36)17-42(39,40)16-27(34)35/h3-4,6-7,9-12,14-15,26H,5,8,13,16-17H2,1-2H3,(H,32,37)(H,34,35). The number of hydrogen-bond donors (Lipinski definition) is 2. The van der Waals surface area contributed by atoms with Crippen molar-refractivity contribution < 1.29 is 37.4 Å². The summed E-state index contributed by atoms with van der Waals surface area (Å²) in [6.45, 7) is 3.89. The van der Waals surface area contributed by atoms with Crippen molar-refractivity contribution in [2.45, 2.75) is 32.8 Å². The van der Waals surface area contributed by atoms with Gasteiger partial charge in [0.1, 0.15) is 17.6 Å². The van der Waals surface area contributed by atoms with E-state index in [0.29, 0.717) is 45.1 Å². The van der Waals surface area contributed by atoms with Crippen molar-refractivity contribution in [1.29, 1.82) is 0 Å². The summed E-state index contributed by atoms with van der Waals surface area (Å²) >= 11 is 6.24. The molecule has 1 aliphatic rings. The van der Waals surface area contributed by atoms with Crippen LogP contribution >= 0.6 is 11.6 Å². The maximum atomic E-state index is 13.8. The highest BCUT2D eigenvalue weighted by Crippen LogP contribution is 2.38. The normalized spacial score (nSPS) is 14.8. The third-order valence-electron chi connectivity index (χ3n) is 6.78. The first-order valence-electron chi connectivity index (χ1n) is 13.1. The second-order valence-electron chi connectivity index (χ2n) is 10.0. The summed E-state index contributed by atoms with van der Waals surface area (Å²) in [5, 5.41) is 12.0. The monoisotopic (exact) mass is 612 g/mol. The molecule has 3 aromatic rings. The van der Waals surface area contributed by atoms with E-state index in [1.807, 2.05) is 19.1 Å². The minimum atomic E-state index is -4.21. The van der Waals surface area contributed by atoms with Crippen LogP contribution < -0.4 is 10.2 Å². The number of benzene rings is 3. The maximum absolute atomic E-state index is 13.8. The minimum Gasteiger partial charge on any atom is -0.480 e. The van der Waals surface area contributed by atoms with Crippen LogP contribution in [0.15, 0.2) is 60.7 Å². The SMILES string of the molecule is Cc1ccccc1C(=O)Nc1ccc(C(=O)N2CCCC(OC(=O)CS(=O)(=O)CC(=O)O)c3cc(Cl)ccc32)c(C)c1. The number of carbonyl (C=O) groups excluding carboxylic acids is 3. The Morgan fingerprint density at radius 3 is 2.40 bits per heavy atom. The number of nitrogens with one attached hydrogen (secondary N) is 1. The maximum Gasteiger partial charge on any atom is 0.321 e. The molecule has 3 aromatic carbocycles. The molecule has 1 atom stereocenters. The number of nitrogens with zero attached hydrogens (tertiary/aromatic N) is 1. The van der Waals surface area contributed by atoms with Gasteiger partial charge in [0, 0.05) is 33.9 Å². The summed E-state index contributed by atoms with van der Waals surface area (Å²) in [5.41, 5.74) is 3.83. The molecule has 220 valence electrons. The molecule has 12 heteroatoms. The zero-order valence-electron chi connectivity index (χ0n) is 22.9. The van der Waals surface area contributed by atoms with Crippen LogP contribution in [-0.4, -0.2) is 55.3 Å². The first-order chi connectivity index (χ1) is 19.8. The van der Waals surface area contributed by atoms with Crippen molar-refractivity contribution in [3.63, 3.8) is 0 Å². The average Bonchev–Trinajstić information content (AvgIpc) is 3.06. The van der Waals surface area contributed by atoms with Gasteiger partial charge in [-0.15, -0.1) is 0 Å². The van der Waals surface area contributed by atoms with E-state index in [1.54, 1.807) is 60.4 Å². The first kappa shape index (κ1) is 30.7. The van der Waals surface area contributed by atoms with Crippen molar-refractivity contribution in [3.05, 3.63) is 93.5 Å². The summed E-state index contributed by atoms with van der Waals surface area (Å²) in [4.78, 5) is 51.4. The lowest BCUT2D eigenvalue weighted by atomic mass is 10.0. The van der Waals surface area contributed by atoms with E-state index in [1.165, 1.54) is 0 Å². The van der Waals surface area contributed by atoms with Crippen molar-refractivity contribution in [2.24, 2.45) is 0 Å². The van der Waals surface area contributed by atoms with Crippen molar-refractivity contribution >= 4 is 56.6 Å². The third-order valence-corrected chi connectivity index (χ3v) is 8.38. The molecule has 42 heavy (non-hydrogen) atoms. The lowest BCUT2D eigenvalue weighted by molar-refractivity contribution is -0.146. The van der Waals surface area contributed by atoms with Crippen molar-refractivity contribution in [2.75, 3.05) is 28.3 Å². The van der Waals surface area contributed by atoms with Gasteiger partial charge in [0.25, 0.3) is 11.8 Å². The average molecular weight is 613 g/mol. The molecule has 0 spiro atoms. The van der Waals surface area contributed by atoms with Crippen LogP contribution in [0.3, 0.4) is 0 Å². The van der Waals surface area contributed by atoms with Crippen molar-refractivity contribution in [1.82, 2.24) is 0 Å². The molecule has 0 aromatic heterocycles. The third kappa shape index (κ3) is 7.34. The second kappa shape index (κ2) is 12.7. The highest BCUT2D eigenvalue weighted by molar-refractivity contribution is 7.92. The molecule has 1 heterocycles. The van der Waals surface area contributed by atoms with E-state index in [2.05, 4.69) is 5.32 Å². The summed E-state index contributed by atoms with van der Waals surface area (Å²) in [6, 6.07) is 17.0. The molecule has 10 nitrogen and oxygen atoms in total. The predicted octanol–water partition coefficient (Wildman–Crippen LogP) is 4.73. The number of aliphatic carboxylic acids is 1. The smallest absolute Gasteiger partial charge is 0.321 e. The van der Waals surface area contributed by atoms with Crippen LogP contribution in [0.1, 0.15) is 56.4 Å². The quantitative estimate of drug-likeness (QED) is 0.347. The molecule has 0 fully saturated rings. The molecule has 0 saturated carbocycles. The summed E-state index contributed by atoms with van der Waals surface area (Å²) < 4.78 is 29.4. The highest BCUT2D eigenvalue weighted by atomic mass is 35.5. The molecule has 1 aliphatic heterocycles. The van der Waals surface area contributed by atoms with Crippen LogP contribution in [0.2, 0.25) is 5.02 Å². The number of carboxylic acids is 1. The van der Waals surface area contributed by atoms with Gasteiger partial charge in [-0.3, -0.25) is 19.2 Å². The topological polar surface area (TPSA) is 147 Å². The number of halogens is 1. The molecular formula is C30H29ClN2O8S. The fraction of sp³-hybridized carbons (Fsp3) is 0.267. The van der Waals surface area contributed by atoms with E-state index in [-0.39, 0.29) is 24.8 Å². The number of anilines is 2. The Morgan fingerprint density at radius 1 is 0.976 bits per heavy atom. The first-order valence-corrected chi connectivity index (χ1v) is 15.2. The Kier molecular flexibility index (Phi) is 9.33. The highest BCUT2D eigenvalue weighted by Gasteiger charge is 2.31. The van der Waals surface area contributed by atoms with E-state index in [0.717, 1.165) is 5.56 Å². The fourth-order valence-corrected chi connectivity index (χ4v) is 5.92. The number of esters is 1. The van der Waals surface area contributed by atoms with Crippen LogP contribution in [0, 0.1) is 13.8 Å². The van der Waals surface area contributed by atoms with E-state index < -0.39 is 39.4 Å². The molecule has 0 radical (unpaired) electrons. The van der Waals surface area contributed by atoms with Gasteiger partial charge in [-0.05, 0) is 80.3 Å². The Balaban J connectivity index is 1.56. The number of fused-ring (bicyclic) bond motifs is 1. The van der Waals surface area contributed by atoms with Gasteiger partial charge in [-0.25, -0.2) is 8.42 Å². The molecule has 2 amide bonds. The number of ether oxygens (including phenoxy) is 1. The van der Waals surface area contributed by atoms with Gasteiger partial charge in [0.2, 0.25) is 0 Å². The fourth-order valence-electron chi connectivity index (χ4n) is 4.84. The number of carbonyl (C=O) groups is 4. The largest absolute Gasteiger partial charge is 0.480 e. The lowest BCUT2D eigenvalue weighted by Gasteiger charge is -2.25. The van der Waals surface area contributed by atoms with Gasteiger partial charge in [-0.1, -0.05) is 29.8 Å². The summed E-state index contributed by atoms with van der Waals surface area (Å²) in [6.07, 6.45) is -0.198. The van der Waals surface area contributed by atoms with Gasteiger partial charge in [-0.2, -0.15) is 0 Å².